The van der Waals surface area contributed by atoms with Gasteiger partial charge in [-0.05, 0) is 42.7 Å². The Morgan fingerprint density at radius 2 is 1.63 bits per heavy atom. The summed E-state index contributed by atoms with van der Waals surface area (Å²) in [6.07, 6.45) is 3.20. The minimum atomic E-state index is 0.00918. The molecular weight excluding hydrogens is 342 g/mol. The van der Waals surface area contributed by atoms with Crippen molar-refractivity contribution in [2.75, 3.05) is 34.4 Å². The highest BCUT2D eigenvalue weighted by Crippen LogP contribution is 2.31. The first-order valence-electron chi connectivity index (χ1n) is 9.31. The van der Waals surface area contributed by atoms with Crippen LogP contribution >= 0.6 is 0 Å². The van der Waals surface area contributed by atoms with E-state index < -0.39 is 0 Å². The molecule has 0 spiro atoms. The summed E-state index contributed by atoms with van der Waals surface area (Å²) in [4.78, 5) is 15.1. The van der Waals surface area contributed by atoms with E-state index in [1.165, 1.54) is 5.56 Å². The van der Waals surface area contributed by atoms with Crippen molar-refractivity contribution in [2.24, 2.45) is 0 Å². The average Bonchev–Trinajstić information content (AvgIpc) is 2.99. The second kappa shape index (κ2) is 8.80. The number of methoxy groups -OCH3 is 3. The molecule has 1 fully saturated rings. The van der Waals surface area contributed by atoms with Crippen LogP contribution in [0.1, 0.15) is 41.1 Å². The lowest BCUT2D eigenvalue weighted by Crippen LogP contribution is -2.34. The number of rotatable bonds is 5. The number of amides is 1. The number of carbonyl (C=O) groups is 1. The average molecular weight is 369 g/mol. The Morgan fingerprint density at radius 3 is 2.30 bits per heavy atom. The summed E-state index contributed by atoms with van der Waals surface area (Å²) >= 11 is 0. The second-order valence-corrected chi connectivity index (χ2v) is 6.78. The Kier molecular flexibility index (Phi) is 6.22. The molecule has 1 heterocycles. The maximum Gasteiger partial charge on any atom is 0.257 e. The van der Waals surface area contributed by atoms with E-state index in [1.54, 1.807) is 39.5 Å². The summed E-state index contributed by atoms with van der Waals surface area (Å²) in [6.45, 7) is 1.47. The van der Waals surface area contributed by atoms with Gasteiger partial charge in [-0.2, -0.15) is 0 Å². The predicted octanol–water partition coefficient (Wildman–Crippen LogP) is 4.12. The van der Waals surface area contributed by atoms with Crippen molar-refractivity contribution in [1.82, 2.24) is 4.90 Å². The number of hydrogen-bond donors (Lipinski definition) is 0. The molecule has 5 nitrogen and oxygen atoms in total. The maximum absolute atomic E-state index is 13.2. The zero-order valence-electron chi connectivity index (χ0n) is 16.2. The van der Waals surface area contributed by atoms with Gasteiger partial charge in [0.05, 0.1) is 26.9 Å². The minimum Gasteiger partial charge on any atom is -0.497 e. The Bertz CT molecular complexity index is 772. The molecule has 1 aliphatic heterocycles. The van der Waals surface area contributed by atoms with Gasteiger partial charge in [0, 0.05) is 25.1 Å². The molecular formula is C22H27NO4. The predicted molar refractivity (Wildman–Crippen MR) is 105 cm³/mol. The van der Waals surface area contributed by atoms with Crippen LogP contribution in [0.5, 0.6) is 17.2 Å². The lowest BCUT2D eigenvalue weighted by Gasteiger charge is -2.26. The van der Waals surface area contributed by atoms with E-state index in [0.29, 0.717) is 29.5 Å². The van der Waals surface area contributed by atoms with Gasteiger partial charge in [-0.3, -0.25) is 4.79 Å². The molecule has 0 aliphatic carbocycles. The SMILES string of the molecule is COc1ccc(C2CCCCN(C(=O)c3ccc(OC)cc3OC)C2)cc1. The lowest BCUT2D eigenvalue weighted by molar-refractivity contribution is 0.0751. The molecule has 1 amide bonds. The Hall–Kier alpha value is -2.69. The van der Waals surface area contributed by atoms with Gasteiger partial charge in [-0.25, -0.2) is 0 Å². The number of carbonyl (C=O) groups excluding carboxylic acids is 1. The van der Waals surface area contributed by atoms with Gasteiger partial charge >= 0.3 is 0 Å². The van der Waals surface area contributed by atoms with Crippen LogP contribution in [-0.2, 0) is 0 Å². The summed E-state index contributed by atoms with van der Waals surface area (Å²) in [5, 5.41) is 0. The molecule has 5 heteroatoms. The van der Waals surface area contributed by atoms with Crippen molar-refractivity contribution in [1.29, 1.82) is 0 Å². The van der Waals surface area contributed by atoms with Crippen molar-refractivity contribution in [3.8, 4) is 17.2 Å². The number of ether oxygens (including phenoxy) is 3. The van der Waals surface area contributed by atoms with Crippen LogP contribution in [0.15, 0.2) is 42.5 Å². The highest BCUT2D eigenvalue weighted by molar-refractivity contribution is 5.97. The molecule has 0 aromatic heterocycles. The van der Waals surface area contributed by atoms with Crippen LogP contribution in [0.3, 0.4) is 0 Å². The fourth-order valence-electron chi connectivity index (χ4n) is 3.62. The van der Waals surface area contributed by atoms with Crippen molar-refractivity contribution in [3.63, 3.8) is 0 Å². The molecule has 1 unspecified atom stereocenters. The van der Waals surface area contributed by atoms with Gasteiger partial charge in [-0.1, -0.05) is 18.6 Å². The Labute approximate surface area is 160 Å². The smallest absolute Gasteiger partial charge is 0.257 e. The van der Waals surface area contributed by atoms with Crippen molar-refractivity contribution >= 4 is 5.91 Å². The van der Waals surface area contributed by atoms with E-state index in [4.69, 9.17) is 14.2 Å². The zero-order valence-corrected chi connectivity index (χ0v) is 16.2. The minimum absolute atomic E-state index is 0.00918. The first-order valence-corrected chi connectivity index (χ1v) is 9.31. The molecule has 0 saturated carbocycles. The molecule has 1 saturated heterocycles. The van der Waals surface area contributed by atoms with E-state index in [2.05, 4.69) is 12.1 Å². The summed E-state index contributed by atoms with van der Waals surface area (Å²) in [6, 6.07) is 13.5. The largest absolute Gasteiger partial charge is 0.497 e. The van der Waals surface area contributed by atoms with Gasteiger partial charge in [0.1, 0.15) is 17.2 Å². The monoisotopic (exact) mass is 369 g/mol. The van der Waals surface area contributed by atoms with Crippen LogP contribution in [0.25, 0.3) is 0 Å². The number of nitrogens with zero attached hydrogens (tertiary/aromatic N) is 1. The van der Waals surface area contributed by atoms with Crippen LogP contribution < -0.4 is 14.2 Å². The third-order valence-corrected chi connectivity index (χ3v) is 5.18. The van der Waals surface area contributed by atoms with Crippen molar-refractivity contribution in [3.05, 3.63) is 53.6 Å². The highest BCUT2D eigenvalue weighted by atomic mass is 16.5. The summed E-state index contributed by atoms with van der Waals surface area (Å²) < 4.78 is 15.9. The maximum atomic E-state index is 13.2. The Morgan fingerprint density at radius 1 is 0.926 bits per heavy atom. The molecule has 144 valence electrons. The lowest BCUT2D eigenvalue weighted by atomic mass is 9.94. The van der Waals surface area contributed by atoms with Crippen molar-refractivity contribution < 1.29 is 19.0 Å². The third-order valence-electron chi connectivity index (χ3n) is 5.18. The molecule has 2 aromatic rings. The van der Waals surface area contributed by atoms with Crippen LogP contribution in [-0.4, -0.2) is 45.2 Å². The fraction of sp³-hybridized carbons (Fsp3) is 0.409. The van der Waals surface area contributed by atoms with Gasteiger partial charge in [0.25, 0.3) is 5.91 Å². The molecule has 1 atom stereocenters. The van der Waals surface area contributed by atoms with Crippen LogP contribution in [0.2, 0.25) is 0 Å². The highest BCUT2D eigenvalue weighted by Gasteiger charge is 2.26. The molecule has 2 aromatic carbocycles. The summed E-state index contributed by atoms with van der Waals surface area (Å²) in [7, 11) is 4.85. The van der Waals surface area contributed by atoms with Crippen molar-refractivity contribution in [2.45, 2.75) is 25.2 Å². The van der Waals surface area contributed by atoms with E-state index in [1.807, 2.05) is 17.0 Å². The molecule has 0 radical (unpaired) electrons. The van der Waals surface area contributed by atoms with Crippen LogP contribution in [0.4, 0.5) is 0 Å². The topological polar surface area (TPSA) is 48.0 Å². The van der Waals surface area contributed by atoms with Gasteiger partial charge in [-0.15, -0.1) is 0 Å². The molecule has 0 bridgehead atoms. The van der Waals surface area contributed by atoms with Gasteiger partial charge < -0.3 is 19.1 Å². The van der Waals surface area contributed by atoms with E-state index >= 15 is 0 Å². The normalized spacial score (nSPS) is 17.1. The standard InChI is InChI=1S/C22H27NO4/c1-25-18-9-7-16(8-10-18)17-6-4-5-13-23(15-17)22(24)20-12-11-19(26-2)14-21(20)27-3/h7-12,14,17H,4-6,13,15H2,1-3H3. The first-order chi connectivity index (χ1) is 13.2. The molecule has 3 rings (SSSR count). The number of likely N-dealkylation sites (tertiary alicyclic amines) is 1. The van der Waals surface area contributed by atoms with E-state index in [-0.39, 0.29) is 5.91 Å². The van der Waals surface area contributed by atoms with E-state index in [9.17, 15) is 4.79 Å². The van der Waals surface area contributed by atoms with Gasteiger partial charge in [0.15, 0.2) is 0 Å². The Balaban J connectivity index is 1.81. The van der Waals surface area contributed by atoms with Gasteiger partial charge in [0.2, 0.25) is 0 Å². The third kappa shape index (κ3) is 4.35. The first kappa shape index (κ1) is 19.1. The van der Waals surface area contributed by atoms with Crippen LogP contribution in [0, 0.1) is 0 Å². The number of hydrogen-bond acceptors (Lipinski definition) is 4. The summed E-state index contributed by atoms with van der Waals surface area (Å²) in [5.41, 5.74) is 1.82. The second-order valence-electron chi connectivity index (χ2n) is 6.78. The fourth-order valence-corrected chi connectivity index (χ4v) is 3.62. The quantitative estimate of drug-likeness (QED) is 0.795. The zero-order chi connectivity index (χ0) is 19.2. The molecule has 1 aliphatic rings. The molecule has 0 N–H and O–H groups in total. The molecule has 27 heavy (non-hydrogen) atoms. The summed E-state index contributed by atoms with van der Waals surface area (Å²) in [5.74, 6) is 2.41. The van der Waals surface area contributed by atoms with E-state index in [0.717, 1.165) is 31.6 Å². The number of benzene rings is 2.